The second-order valence-corrected chi connectivity index (χ2v) is 4.81. The maximum atomic E-state index is 13.4. The largest absolute Gasteiger partial charge is 0.481 e. The van der Waals surface area contributed by atoms with Gasteiger partial charge in [-0.25, -0.2) is 4.39 Å². The first-order valence-electron chi connectivity index (χ1n) is 5.04. The maximum Gasteiger partial charge on any atom is 0.313 e. The van der Waals surface area contributed by atoms with Crippen molar-refractivity contribution in [1.82, 2.24) is 5.32 Å². The number of hydrogen-bond acceptors (Lipinski definition) is 3. The van der Waals surface area contributed by atoms with Crippen LogP contribution in [0.4, 0.5) is 4.39 Å². The third-order valence-corrected chi connectivity index (χ3v) is 3.21. The summed E-state index contributed by atoms with van der Waals surface area (Å²) < 4.78 is 13.4. The zero-order valence-electron chi connectivity index (χ0n) is 9.28. The number of thioether (sulfide) groups is 1. The third-order valence-electron chi connectivity index (χ3n) is 1.95. The molecule has 0 spiro atoms. The predicted molar refractivity (Wildman–Crippen MR) is 68.7 cm³/mol. The number of halogens is 2. The van der Waals surface area contributed by atoms with Gasteiger partial charge in [0.05, 0.1) is 16.3 Å². The number of carbonyl (C=O) groups excluding carboxylic acids is 1. The van der Waals surface area contributed by atoms with E-state index in [1.54, 1.807) is 0 Å². The first-order valence-corrected chi connectivity index (χ1v) is 6.57. The Kier molecular flexibility index (Phi) is 5.94. The van der Waals surface area contributed by atoms with Crippen LogP contribution in [0.3, 0.4) is 0 Å². The molecule has 98 valence electrons. The van der Waals surface area contributed by atoms with Gasteiger partial charge in [0.25, 0.3) is 5.91 Å². The quantitative estimate of drug-likeness (QED) is 0.787. The Hall–Kier alpha value is -1.27. The second kappa shape index (κ2) is 7.23. The Bertz CT molecular complexity index is 436. The summed E-state index contributed by atoms with van der Waals surface area (Å²) in [6, 6.07) is 4.00. The van der Waals surface area contributed by atoms with Crippen LogP contribution < -0.4 is 5.32 Å². The van der Waals surface area contributed by atoms with Crippen molar-refractivity contribution in [2.45, 2.75) is 0 Å². The van der Waals surface area contributed by atoms with Gasteiger partial charge in [0.1, 0.15) is 5.82 Å². The first-order chi connectivity index (χ1) is 8.52. The van der Waals surface area contributed by atoms with Gasteiger partial charge < -0.3 is 10.4 Å². The molecule has 0 radical (unpaired) electrons. The van der Waals surface area contributed by atoms with Crippen molar-refractivity contribution in [1.29, 1.82) is 0 Å². The van der Waals surface area contributed by atoms with Gasteiger partial charge in [0, 0.05) is 12.3 Å². The monoisotopic (exact) mass is 291 g/mol. The average molecular weight is 292 g/mol. The fourth-order valence-electron chi connectivity index (χ4n) is 1.20. The van der Waals surface area contributed by atoms with Crippen molar-refractivity contribution in [3.63, 3.8) is 0 Å². The van der Waals surface area contributed by atoms with Crippen LogP contribution in [0.15, 0.2) is 18.2 Å². The lowest BCUT2D eigenvalue weighted by Gasteiger charge is -2.07. The molecule has 7 heteroatoms. The van der Waals surface area contributed by atoms with Gasteiger partial charge in [-0.15, -0.1) is 11.8 Å². The summed E-state index contributed by atoms with van der Waals surface area (Å²) in [6.07, 6.45) is 0. The van der Waals surface area contributed by atoms with Gasteiger partial charge in [0.2, 0.25) is 0 Å². The fraction of sp³-hybridized carbons (Fsp3) is 0.273. The minimum atomic E-state index is -0.913. The van der Waals surface area contributed by atoms with Crippen molar-refractivity contribution in [3.05, 3.63) is 34.6 Å². The minimum Gasteiger partial charge on any atom is -0.481 e. The molecule has 0 aliphatic rings. The Labute approximate surface area is 113 Å². The van der Waals surface area contributed by atoms with Crippen LogP contribution in [0.2, 0.25) is 5.02 Å². The molecule has 0 saturated carbocycles. The van der Waals surface area contributed by atoms with Crippen LogP contribution in [-0.2, 0) is 4.79 Å². The van der Waals surface area contributed by atoms with Gasteiger partial charge in [-0.2, -0.15) is 0 Å². The molecule has 2 N–H and O–H groups in total. The van der Waals surface area contributed by atoms with Gasteiger partial charge in [0.15, 0.2) is 0 Å². The number of aliphatic carboxylic acids is 1. The van der Waals surface area contributed by atoms with E-state index in [1.165, 1.54) is 23.9 Å². The molecule has 0 fully saturated rings. The van der Waals surface area contributed by atoms with E-state index in [4.69, 9.17) is 16.7 Å². The lowest BCUT2D eigenvalue weighted by Crippen LogP contribution is -2.27. The smallest absolute Gasteiger partial charge is 0.313 e. The highest BCUT2D eigenvalue weighted by atomic mass is 35.5. The predicted octanol–water partition coefficient (Wildman–Crippen LogP) is 2.03. The first kappa shape index (κ1) is 14.8. The summed E-state index contributed by atoms with van der Waals surface area (Å²) in [5, 5.41) is 10.9. The maximum absolute atomic E-state index is 13.4. The fourth-order valence-corrected chi connectivity index (χ4v) is 2.01. The SMILES string of the molecule is O=C(O)CSCCNC(=O)c1c(F)cccc1Cl. The van der Waals surface area contributed by atoms with E-state index in [0.717, 1.165) is 6.07 Å². The summed E-state index contributed by atoms with van der Waals surface area (Å²) in [7, 11) is 0. The topological polar surface area (TPSA) is 66.4 Å². The van der Waals surface area contributed by atoms with Crippen molar-refractivity contribution in [2.24, 2.45) is 0 Å². The Balaban J connectivity index is 2.44. The van der Waals surface area contributed by atoms with E-state index in [2.05, 4.69) is 5.32 Å². The number of hydrogen-bond donors (Lipinski definition) is 2. The molecule has 1 aromatic carbocycles. The third kappa shape index (κ3) is 4.54. The van der Waals surface area contributed by atoms with E-state index in [1.807, 2.05) is 0 Å². The zero-order chi connectivity index (χ0) is 13.5. The number of benzene rings is 1. The van der Waals surface area contributed by atoms with E-state index in [-0.39, 0.29) is 22.9 Å². The Morgan fingerprint density at radius 3 is 2.78 bits per heavy atom. The van der Waals surface area contributed by atoms with Crippen molar-refractivity contribution in [2.75, 3.05) is 18.1 Å². The van der Waals surface area contributed by atoms with Crippen LogP contribution >= 0.6 is 23.4 Å². The molecule has 0 bridgehead atoms. The molecule has 0 unspecified atom stereocenters. The number of carboxylic acids is 1. The highest BCUT2D eigenvalue weighted by Crippen LogP contribution is 2.18. The number of carboxylic acid groups (broad SMARTS) is 1. The van der Waals surface area contributed by atoms with Gasteiger partial charge in [-0.3, -0.25) is 9.59 Å². The Morgan fingerprint density at radius 1 is 1.44 bits per heavy atom. The highest BCUT2D eigenvalue weighted by molar-refractivity contribution is 7.99. The Morgan fingerprint density at radius 2 is 2.17 bits per heavy atom. The van der Waals surface area contributed by atoms with E-state index >= 15 is 0 Å². The van der Waals surface area contributed by atoms with E-state index in [0.29, 0.717) is 5.75 Å². The minimum absolute atomic E-state index is 0.0314. The summed E-state index contributed by atoms with van der Waals surface area (Å²) >= 11 is 6.89. The lowest BCUT2D eigenvalue weighted by molar-refractivity contribution is -0.133. The lowest BCUT2D eigenvalue weighted by atomic mass is 10.2. The normalized spacial score (nSPS) is 10.1. The van der Waals surface area contributed by atoms with Crippen molar-refractivity contribution < 1.29 is 19.1 Å². The molecule has 18 heavy (non-hydrogen) atoms. The van der Waals surface area contributed by atoms with Crippen molar-refractivity contribution >= 4 is 35.2 Å². The molecular formula is C11H11ClFNO3S. The number of nitrogens with one attached hydrogen (secondary N) is 1. The van der Waals surface area contributed by atoms with Gasteiger partial charge >= 0.3 is 5.97 Å². The second-order valence-electron chi connectivity index (χ2n) is 3.30. The van der Waals surface area contributed by atoms with Crippen LogP contribution in [0.1, 0.15) is 10.4 Å². The van der Waals surface area contributed by atoms with Crippen LogP contribution in [-0.4, -0.2) is 35.0 Å². The summed E-state index contributed by atoms with van der Waals surface area (Å²) in [4.78, 5) is 21.9. The molecule has 0 saturated heterocycles. The summed E-state index contributed by atoms with van der Waals surface area (Å²) in [5.74, 6) is -1.80. The molecule has 0 atom stereocenters. The van der Waals surface area contributed by atoms with Crippen LogP contribution in [0.25, 0.3) is 0 Å². The average Bonchev–Trinajstić information content (AvgIpc) is 2.27. The molecule has 0 aromatic heterocycles. The molecule has 0 aliphatic carbocycles. The van der Waals surface area contributed by atoms with E-state index in [9.17, 15) is 14.0 Å². The number of rotatable bonds is 6. The van der Waals surface area contributed by atoms with E-state index < -0.39 is 17.7 Å². The highest BCUT2D eigenvalue weighted by Gasteiger charge is 2.14. The summed E-state index contributed by atoms with van der Waals surface area (Å²) in [5.41, 5.74) is -0.192. The standard InChI is InChI=1S/C11H11ClFNO3S/c12-7-2-1-3-8(13)10(7)11(17)14-4-5-18-6-9(15)16/h1-3H,4-6H2,(H,14,17)(H,15,16). The molecule has 0 heterocycles. The number of carbonyl (C=O) groups is 2. The molecule has 1 amide bonds. The number of amides is 1. The van der Waals surface area contributed by atoms with Gasteiger partial charge in [-0.05, 0) is 12.1 Å². The van der Waals surface area contributed by atoms with Crippen molar-refractivity contribution in [3.8, 4) is 0 Å². The van der Waals surface area contributed by atoms with Crippen LogP contribution in [0.5, 0.6) is 0 Å². The molecule has 0 aliphatic heterocycles. The molecule has 4 nitrogen and oxygen atoms in total. The molecule has 1 rings (SSSR count). The molecule has 1 aromatic rings. The summed E-state index contributed by atoms with van der Waals surface area (Å²) in [6.45, 7) is 0.251. The zero-order valence-corrected chi connectivity index (χ0v) is 10.9. The molecular weight excluding hydrogens is 281 g/mol. The van der Waals surface area contributed by atoms with Gasteiger partial charge in [-0.1, -0.05) is 17.7 Å². The van der Waals surface area contributed by atoms with Crippen LogP contribution in [0, 0.1) is 5.82 Å².